The van der Waals surface area contributed by atoms with E-state index < -0.39 is 24.0 Å². The van der Waals surface area contributed by atoms with Crippen LogP contribution in [-0.4, -0.2) is 36.8 Å². The number of nitrogens with one attached hydrogen (secondary N) is 1. The van der Waals surface area contributed by atoms with Crippen LogP contribution in [0.1, 0.15) is 29.5 Å². The number of hydrogen-bond acceptors (Lipinski definition) is 4. The summed E-state index contributed by atoms with van der Waals surface area (Å²) in [6.45, 7) is 5.57. The molecule has 1 N–H and O–H groups in total. The minimum Gasteiger partial charge on any atom is -0.467 e. The molecule has 0 unspecified atom stereocenters. The summed E-state index contributed by atoms with van der Waals surface area (Å²) in [4.78, 5) is 30.4. The monoisotopic (exact) mass is 440 g/mol. The summed E-state index contributed by atoms with van der Waals surface area (Å²) in [5, 5.41) is 2.76. The van der Waals surface area contributed by atoms with Crippen LogP contribution in [0.3, 0.4) is 0 Å². The Morgan fingerprint density at radius 1 is 0.879 bits per heavy atom. The topological polar surface area (TPSA) is 67.8 Å². The second kappa shape index (κ2) is 11.6. The SMILES string of the molecule is C=C[C@H](c1ccccc1)[C@H](N=C(c1ccccc1)c1ccccc1)C(=O)N[C@@H](C)C(=O)OC. The van der Waals surface area contributed by atoms with Crippen molar-refractivity contribution in [3.63, 3.8) is 0 Å². The Hall–Kier alpha value is -3.99. The van der Waals surface area contributed by atoms with Gasteiger partial charge in [0.2, 0.25) is 5.91 Å². The summed E-state index contributed by atoms with van der Waals surface area (Å²) in [6.07, 6.45) is 1.72. The lowest BCUT2D eigenvalue weighted by atomic mass is 9.90. The number of benzene rings is 3. The van der Waals surface area contributed by atoms with Crippen molar-refractivity contribution in [3.05, 3.63) is 120 Å². The molecule has 168 valence electrons. The average Bonchev–Trinajstić information content (AvgIpc) is 2.87. The molecule has 3 aromatic rings. The van der Waals surface area contributed by atoms with Crippen molar-refractivity contribution in [2.45, 2.75) is 24.9 Å². The van der Waals surface area contributed by atoms with E-state index in [9.17, 15) is 9.59 Å². The zero-order chi connectivity index (χ0) is 23.6. The van der Waals surface area contributed by atoms with Crippen LogP contribution in [0.15, 0.2) is 109 Å². The number of ether oxygens (including phenoxy) is 1. The van der Waals surface area contributed by atoms with Gasteiger partial charge in [-0.05, 0) is 12.5 Å². The van der Waals surface area contributed by atoms with E-state index in [0.29, 0.717) is 5.71 Å². The Balaban J connectivity index is 2.13. The van der Waals surface area contributed by atoms with E-state index in [1.54, 1.807) is 13.0 Å². The highest BCUT2D eigenvalue weighted by molar-refractivity contribution is 6.13. The van der Waals surface area contributed by atoms with Gasteiger partial charge < -0.3 is 10.1 Å². The molecule has 0 fully saturated rings. The Bertz CT molecular complexity index is 1050. The number of nitrogens with zero attached hydrogens (tertiary/aromatic N) is 1. The smallest absolute Gasteiger partial charge is 0.328 e. The van der Waals surface area contributed by atoms with E-state index in [1.165, 1.54) is 7.11 Å². The maximum absolute atomic E-state index is 13.5. The summed E-state index contributed by atoms with van der Waals surface area (Å²) in [5.41, 5.74) is 3.37. The number of aliphatic imine (C=N–C) groups is 1. The molecule has 0 aliphatic rings. The average molecular weight is 441 g/mol. The Labute approximate surface area is 194 Å². The van der Waals surface area contributed by atoms with Gasteiger partial charge in [0.1, 0.15) is 12.1 Å². The van der Waals surface area contributed by atoms with Crippen molar-refractivity contribution in [2.24, 2.45) is 4.99 Å². The molecule has 0 spiro atoms. The van der Waals surface area contributed by atoms with Crippen molar-refractivity contribution >= 4 is 17.6 Å². The molecule has 0 saturated heterocycles. The summed E-state index contributed by atoms with van der Waals surface area (Å²) >= 11 is 0. The number of methoxy groups -OCH3 is 1. The van der Waals surface area contributed by atoms with E-state index >= 15 is 0 Å². The van der Waals surface area contributed by atoms with Crippen LogP contribution in [-0.2, 0) is 14.3 Å². The number of rotatable bonds is 9. The molecular formula is C28H28N2O3. The lowest BCUT2D eigenvalue weighted by molar-refractivity contribution is -0.144. The molecule has 1 amide bonds. The number of hydrogen-bond donors (Lipinski definition) is 1. The van der Waals surface area contributed by atoms with Crippen LogP contribution >= 0.6 is 0 Å². The minimum absolute atomic E-state index is 0.383. The third kappa shape index (κ3) is 6.04. The van der Waals surface area contributed by atoms with E-state index in [-0.39, 0.29) is 5.91 Å². The van der Waals surface area contributed by atoms with Crippen molar-refractivity contribution in [1.82, 2.24) is 5.32 Å². The second-order valence-electron chi connectivity index (χ2n) is 7.58. The van der Waals surface area contributed by atoms with Gasteiger partial charge in [0.25, 0.3) is 0 Å². The highest BCUT2D eigenvalue weighted by Gasteiger charge is 2.30. The molecule has 5 nitrogen and oxygen atoms in total. The first-order valence-electron chi connectivity index (χ1n) is 10.8. The van der Waals surface area contributed by atoms with Crippen LogP contribution in [0, 0.1) is 0 Å². The quantitative estimate of drug-likeness (QED) is 0.302. The maximum atomic E-state index is 13.5. The van der Waals surface area contributed by atoms with Crippen molar-refractivity contribution in [3.8, 4) is 0 Å². The molecule has 3 aromatic carbocycles. The Morgan fingerprint density at radius 2 is 1.36 bits per heavy atom. The standard InChI is InChI=1S/C28H28N2O3/c1-4-24(21-14-8-5-9-15-21)26(27(31)29-20(2)28(32)33-3)30-25(22-16-10-6-11-17-22)23-18-12-7-13-19-23/h4-20,24,26H,1H2,2-3H3,(H,29,31)/t20-,24+,26-/m0/s1. The molecule has 0 radical (unpaired) electrons. The van der Waals surface area contributed by atoms with Gasteiger partial charge in [-0.3, -0.25) is 9.79 Å². The van der Waals surface area contributed by atoms with E-state index in [1.807, 2.05) is 91.0 Å². The van der Waals surface area contributed by atoms with Gasteiger partial charge in [-0.2, -0.15) is 0 Å². The number of carbonyl (C=O) groups is 2. The van der Waals surface area contributed by atoms with Crippen LogP contribution in [0.5, 0.6) is 0 Å². The maximum Gasteiger partial charge on any atom is 0.328 e. The molecule has 3 rings (SSSR count). The van der Waals surface area contributed by atoms with Crippen molar-refractivity contribution in [2.75, 3.05) is 7.11 Å². The largest absolute Gasteiger partial charge is 0.467 e. The molecule has 0 aromatic heterocycles. The fourth-order valence-corrected chi connectivity index (χ4v) is 3.61. The van der Waals surface area contributed by atoms with Crippen LogP contribution in [0.4, 0.5) is 0 Å². The molecule has 3 atom stereocenters. The van der Waals surface area contributed by atoms with E-state index in [0.717, 1.165) is 16.7 Å². The molecule has 0 saturated carbocycles. The Morgan fingerprint density at radius 3 is 1.82 bits per heavy atom. The highest BCUT2D eigenvalue weighted by Crippen LogP contribution is 2.25. The van der Waals surface area contributed by atoms with Gasteiger partial charge in [0.05, 0.1) is 12.8 Å². The first kappa shape index (κ1) is 23.7. The predicted molar refractivity (Wildman–Crippen MR) is 131 cm³/mol. The molecule has 33 heavy (non-hydrogen) atoms. The molecule has 0 heterocycles. The predicted octanol–water partition coefficient (Wildman–Crippen LogP) is 4.54. The van der Waals surface area contributed by atoms with Gasteiger partial charge in [-0.25, -0.2) is 4.79 Å². The summed E-state index contributed by atoms with van der Waals surface area (Å²) in [5.74, 6) is -1.31. The van der Waals surface area contributed by atoms with E-state index in [2.05, 4.69) is 11.9 Å². The molecule has 5 heteroatoms. The second-order valence-corrected chi connectivity index (χ2v) is 7.58. The molecular weight excluding hydrogens is 412 g/mol. The third-order valence-electron chi connectivity index (χ3n) is 5.32. The van der Waals surface area contributed by atoms with Crippen LogP contribution in [0.2, 0.25) is 0 Å². The van der Waals surface area contributed by atoms with Gasteiger partial charge in [-0.15, -0.1) is 6.58 Å². The lowest BCUT2D eigenvalue weighted by Gasteiger charge is -2.24. The number of amides is 1. The normalized spacial score (nSPS) is 13.2. The van der Waals surface area contributed by atoms with Gasteiger partial charge in [0.15, 0.2) is 0 Å². The summed E-state index contributed by atoms with van der Waals surface area (Å²) < 4.78 is 4.77. The van der Waals surface area contributed by atoms with Crippen molar-refractivity contribution in [1.29, 1.82) is 0 Å². The van der Waals surface area contributed by atoms with Gasteiger partial charge >= 0.3 is 5.97 Å². The molecule has 0 aliphatic carbocycles. The van der Waals surface area contributed by atoms with Crippen LogP contribution < -0.4 is 5.32 Å². The van der Waals surface area contributed by atoms with Crippen LogP contribution in [0.25, 0.3) is 0 Å². The number of carbonyl (C=O) groups excluding carboxylic acids is 2. The van der Waals surface area contributed by atoms with Gasteiger partial charge in [0, 0.05) is 17.0 Å². The van der Waals surface area contributed by atoms with E-state index in [4.69, 9.17) is 9.73 Å². The third-order valence-corrected chi connectivity index (χ3v) is 5.32. The number of esters is 1. The fraction of sp³-hybridized carbons (Fsp3) is 0.179. The highest BCUT2D eigenvalue weighted by atomic mass is 16.5. The first-order chi connectivity index (χ1) is 16.0. The molecule has 0 aliphatic heterocycles. The zero-order valence-corrected chi connectivity index (χ0v) is 18.8. The zero-order valence-electron chi connectivity index (χ0n) is 18.8. The first-order valence-corrected chi connectivity index (χ1v) is 10.8. The van der Waals surface area contributed by atoms with Gasteiger partial charge in [-0.1, -0.05) is 97.1 Å². The van der Waals surface area contributed by atoms with Crippen molar-refractivity contribution < 1.29 is 14.3 Å². The summed E-state index contributed by atoms with van der Waals surface area (Å²) in [7, 11) is 1.29. The molecule has 0 bridgehead atoms. The fourth-order valence-electron chi connectivity index (χ4n) is 3.61. The lowest BCUT2D eigenvalue weighted by Crippen LogP contribution is -2.45. The Kier molecular flexibility index (Phi) is 8.30. The summed E-state index contributed by atoms with van der Waals surface area (Å²) in [6, 6.07) is 27.4. The minimum atomic E-state index is -0.854.